The predicted molar refractivity (Wildman–Crippen MR) is 112 cm³/mol. The summed E-state index contributed by atoms with van der Waals surface area (Å²) in [5.41, 5.74) is 2.86. The summed E-state index contributed by atoms with van der Waals surface area (Å²) < 4.78 is 28.2. The van der Waals surface area contributed by atoms with Gasteiger partial charge in [0.25, 0.3) is 0 Å². The predicted octanol–water partition coefficient (Wildman–Crippen LogP) is 2.82. The summed E-state index contributed by atoms with van der Waals surface area (Å²) in [5.74, 6) is 0.456. The van der Waals surface area contributed by atoms with Gasteiger partial charge in [-0.05, 0) is 31.5 Å². The van der Waals surface area contributed by atoms with Crippen molar-refractivity contribution in [3.63, 3.8) is 0 Å². The molecule has 0 fully saturated rings. The van der Waals surface area contributed by atoms with Gasteiger partial charge in [-0.15, -0.1) is 10.2 Å². The van der Waals surface area contributed by atoms with Crippen molar-refractivity contribution >= 4 is 26.4 Å². The van der Waals surface area contributed by atoms with Gasteiger partial charge in [-0.2, -0.15) is 14.3 Å². The lowest BCUT2D eigenvalue weighted by Gasteiger charge is -2.09. The Kier molecular flexibility index (Phi) is 5.92. The number of fused-ring (bicyclic) bond motifs is 3. The van der Waals surface area contributed by atoms with E-state index in [0.29, 0.717) is 17.0 Å². The molecule has 0 saturated heterocycles. The van der Waals surface area contributed by atoms with Crippen LogP contribution < -0.4 is 4.72 Å². The van der Waals surface area contributed by atoms with Gasteiger partial charge in [-0.25, -0.2) is 8.42 Å². The molecule has 4 rings (SSSR count). The minimum Gasteiger partial charge on any atom is -0.380 e. The first-order valence-electron chi connectivity index (χ1n) is 9.24. The van der Waals surface area contributed by atoms with E-state index in [1.165, 1.54) is 12.1 Å². The molecule has 0 aliphatic heterocycles. The molecule has 0 spiro atoms. The standard InChI is InChI=1S/C18H17N5O3S.C2H6/c1-11-7-8-13(27(25,26)19-10-24)9-16(11)18-21-20-17-15-6-4-3-5-14(15)12(2)22-23(17)18;1-2/h3-9,19,24H,10H2,1-2H3;1-2H3. The molecule has 8 nitrogen and oxygen atoms in total. The van der Waals surface area contributed by atoms with E-state index < -0.39 is 16.8 Å². The minimum absolute atomic E-state index is 0.0337. The largest absolute Gasteiger partial charge is 0.380 e. The first-order valence-corrected chi connectivity index (χ1v) is 10.7. The average Bonchev–Trinajstić information content (AvgIpc) is 3.13. The van der Waals surface area contributed by atoms with Gasteiger partial charge in [0, 0.05) is 16.3 Å². The molecular formula is C20H23N5O3S. The van der Waals surface area contributed by atoms with Crippen LogP contribution in [0.2, 0.25) is 0 Å². The summed E-state index contributed by atoms with van der Waals surface area (Å²) in [6, 6.07) is 12.5. The summed E-state index contributed by atoms with van der Waals surface area (Å²) in [5, 5.41) is 24.0. The zero-order valence-corrected chi connectivity index (χ0v) is 17.5. The Morgan fingerprint density at radius 1 is 1.03 bits per heavy atom. The number of rotatable bonds is 4. The van der Waals surface area contributed by atoms with Gasteiger partial charge in [0.05, 0.1) is 10.6 Å². The maximum atomic E-state index is 12.2. The molecule has 0 bridgehead atoms. The van der Waals surface area contributed by atoms with E-state index in [1.807, 2.05) is 52.0 Å². The van der Waals surface area contributed by atoms with Gasteiger partial charge in [0.15, 0.2) is 11.5 Å². The van der Waals surface area contributed by atoms with E-state index in [9.17, 15) is 8.42 Å². The molecular weight excluding hydrogens is 390 g/mol. The van der Waals surface area contributed by atoms with Gasteiger partial charge in [0.2, 0.25) is 10.0 Å². The maximum Gasteiger partial charge on any atom is 0.242 e. The topological polar surface area (TPSA) is 109 Å². The van der Waals surface area contributed by atoms with Crippen LogP contribution >= 0.6 is 0 Å². The van der Waals surface area contributed by atoms with Crippen LogP contribution in [-0.4, -0.2) is 40.1 Å². The Hall–Kier alpha value is -2.88. The van der Waals surface area contributed by atoms with Crippen molar-refractivity contribution in [2.75, 3.05) is 6.73 Å². The van der Waals surface area contributed by atoms with Crippen molar-refractivity contribution in [2.45, 2.75) is 32.6 Å². The fourth-order valence-electron chi connectivity index (χ4n) is 3.09. The molecule has 0 unspecified atom stereocenters. The quantitative estimate of drug-likeness (QED) is 0.498. The second-order valence-corrected chi connectivity index (χ2v) is 7.94. The van der Waals surface area contributed by atoms with Crippen LogP contribution in [-0.2, 0) is 10.0 Å². The number of sulfonamides is 1. The SMILES string of the molecule is CC.Cc1ccc(S(=O)(=O)NCO)cc1-c1nnc2c3ccccc3c(C)nn12. The summed E-state index contributed by atoms with van der Waals surface area (Å²) in [6.07, 6.45) is 0. The zero-order valence-electron chi connectivity index (χ0n) is 16.7. The molecule has 152 valence electrons. The highest BCUT2D eigenvalue weighted by Crippen LogP contribution is 2.28. The zero-order chi connectivity index (χ0) is 21.2. The Morgan fingerprint density at radius 2 is 1.72 bits per heavy atom. The normalized spacial score (nSPS) is 11.5. The van der Waals surface area contributed by atoms with Gasteiger partial charge >= 0.3 is 0 Å². The van der Waals surface area contributed by atoms with E-state index in [0.717, 1.165) is 22.0 Å². The Labute approximate surface area is 169 Å². The molecule has 2 heterocycles. The second-order valence-electron chi connectivity index (χ2n) is 6.17. The van der Waals surface area contributed by atoms with Crippen LogP contribution in [0.15, 0.2) is 47.4 Å². The number of hydrogen-bond acceptors (Lipinski definition) is 6. The summed E-state index contributed by atoms with van der Waals surface area (Å²) >= 11 is 0. The van der Waals surface area contributed by atoms with Crippen molar-refractivity contribution in [1.82, 2.24) is 24.5 Å². The number of aliphatic hydroxyl groups is 1. The third-order valence-corrected chi connectivity index (χ3v) is 5.85. The molecule has 2 aromatic carbocycles. The van der Waals surface area contributed by atoms with Gasteiger partial charge < -0.3 is 5.11 Å². The minimum atomic E-state index is -3.81. The first-order chi connectivity index (χ1) is 13.9. The monoisotopic (exact) mass is 413 g/mol. The number of aromatic nitrogens is 4. The molecule has 0 aliphatic rings. The molecule has 4 aromatic rings. The first kappa shape index (κ1) is 20.8. The maximum absolute atomic E-state index is 12.2. The lowest BCUT2D eigenvalue weighted by atomic mass is 10.1. The van der Waals surface area contributed by atoms with E-state index in [-0.39, 0.29) is 4.90 Å². The van der Waals surface area contributed by atoms with Crippen LogP contribution in [0, 0.1) is 13.8 Å². The highest BCUT2D eigenvalue weighted by atomic mass is 32.2. The van der Waals surface area contributed by atoms with Crippen molar-refractivity contribution in [1.29, 1.82) is 0 Å². The lowest BCUT2D eigenvalue weighted by molar-refractivity contribution is 0.288. The Morgan fingerprint density at radius 3 is 2.41 bits per heavy atom. The molecule has 2 N–H and O–H groups in total. The van der Waals surface area contributed by atoms with Crippen molar-refractivity contribution < 1.29 is 13.5 Å². The van der Waals surface area contributed by atoms with Gasteiger partial charge in [-0.1, -0.05) is 44.2 Å². The number of benzene rings is 2. The van der Waals surface area contributed by atoms with Crippen LogP contribution in [0.25, 0.3) is 27.8 Å². The molecule has 0 saturated carbocycles. The average molecular weight is 414 g/mol. The van der Waals surface area contributed by atoms with Crippen LogP contribution in [0.4, 0.5) is 0 Å². The van der Waals surface area contributed by atoms with E-state index in [2.05, 4.69) is 20.0 Å². The van der Waals surface area contributed by atoms with Crippen molar-refractivity contribution in [2.24, 2.45) is 0 Å². The number of hydrogen-bond donors (Lipinski definition) is 2. The van der Waals surface area contributed by atoms with Crippen molar-refractivity contribution in [3.05, 3.63) is 53.7 Å². The summed E-state index contributed by atoms with van der Waals surface area (Å²) in [4.78, 5) is 0.0337. The van der Waals surface area contributed by atoms with Crippen molar-refractivity contribution in [3.8, 4) is 11.4 Å². The molecule has 0 aliphatic carbocycles. The number of aryl methyl sites for hydroxylation is 2. The second kappa shape index (κ2) is 8.24. The number of aliphatic hydroxyl groups excluding tert-OH is 1. The fourth-order valence-corrected chi connectivity index (χ4v) is 3.94. The van der Waals surface area contributed by atoms with Crippen LogP contribution in [0.3, 0.4) is 0 Å². The van der Waals surface area contributed by atoms with Gasteiger partial charge in [-0.3, -0.25) is 0 Å². The lowest BCUT2D eigenvalue weighted by Crippen LogP contribution is -2.24. The molecule has 0 atom stereocenters. The highest BCUT2D eigenvalue weighted by molar-refractivity contribution is 7.89. The van der Waals surface area contributed by atoms with Gasteiger partial charge in [0.1, 0.15) is 6.73 Å². The summed E-state index contributed by atoms with van der Waals surface area (Å²) in [7, 11) is -3.81. The Balaban J connectivity index is 0.00000117. The molecule has 29 heavy (non-hydrogen) atoms. The molecule has 0 amide bonds. The van der Waals surface area contributed by atoms with E-state index in [1.54, 1.807) is 10.6 Å². The highest BCUT2D eigenvalue weighted by Gasteiger charge is 2.19. The Bertz CT molecular complexity index is 1280. The van der Waals surface area contributed by atoms with E-state index >= 15 is 0 Å². The van der Waals surface area contributed by atoms with Crippen LogP contribution in [0.1, 0.15) is 25.1 Å². The fraction of sp³-hybridized carbons (Fsp3) is 0.250. The number of nitrogens with one attached hydrogen (secondary N) is 1. The number of nitrogens with zero attached hydrogens (tertiary/aromatic N) is 4. The molecule has 9 heteroatoms. The third-order valence-electron chi connectivity index (χ3n) is 4.46. The smallest absolute Gasteiger partial charge is 0.242 e. The van der Waals surface area contributed by atoms with E-state index in [4.69, 9.17) is 5.11 Å². The molecule has 2 aromatic heterocycles. The molecule has 0 radical (unpaired) electrons. The van der Waals surface area contributed by atoms with Crippen LogP contribution in [0.5, 0.6) is 0 Å². The summed E-state index contributed by atoms with van der Waals surface area (Å²) in [6.45, 7) is 7.09. The third kappa shape index (κ3) is 3.71.